The summed E-state index contributed by atoms with van der Waals surface area (Å²) in [6, 6.07) is 23.5. The minimum absolute atomic E-state index is 0.303. The van der Waals surface area contributed by atoms with Gasteiger partial charge in [0.1, 0.15) is 12.4 Å². The summed E-state index contributed by atoms with van der Waals surface area (Å²) in [5.74, 6) is 2.39. The Labute approximate surface area is 170 Å². The standard InChI is InChI=1S/C23H25N3O3/c1-27-21-13-12-18(16-22(21)28-2)26-23(24)25-14-15-29-20-11-7-6-10-19(20)17-8-4-3-5-9-17/h3-13,16H,14-15H2,1-2H3,(H3,24,25,26). The van der Waals surface area contributed by atoms with E-state index in [2.05, 4.69) is 22.4 Å². The topological polar surface area (TPSA) is 78.1 Å². The molecular weight excluding hydrogens is 366 g/mol. The number of benzene rings is 3. The molecular formula is C23H25N3O3. The monoisotopic (exact) mass is 391 g/mol. The molecule has 0 radical (unpaired) electrons. The molecule has 0 saturated heterocycles. The van der Waals surface area contributed by atoms with E-state index in [9.17, 15) is 0 Å². The predicted octanol–water partition coefficient (Wildman–Crippen LogP) is 4.18. The summed E-state index contributed by atoms with van der Waals surface area (Å²) >= 11 is 0. The lowest BCUT2D eigenvalue weighted by molar-refractivity contribution is 0.330. The number of rotatable bonds is 8. The molecule has 0 spiro atoms. The highest BCUT2D eigenvalue weighted by Gasteiger charge is 2.06. The third-order valence-electron chi connectivity index (χ3n) is 4.26. The molecule has 0 saturated carbocycles. The fourth-order valence-corrected chi connectivity index (χ4v) is 2.87. The highest BCUT2D eigenvalue weighted by Crippen LogP contribution is 2.30. The highest BCUT2D eigenvalue weighted by atomic mass is 16.5. The molecule has 29 heavy (non-hydrogen) atoms. The Kier molecular flexibility index (Phi) is 6.95. The van der Waals surface area contributed by atoms with Crippen LogP contribution in [0, 0.1) is 0 Å². The largest absolute Gasteiger partial charge is 0.493 e. The van der Waals surface area contributed by atoms with E-state index in [1.54, 1.807) is 26.4 Å². The molecule has 0 unspecified atom stereocenters. The Morgan fingerprint density at radius 1 is 0.862 bits per heavy atom. The van der Waals surface area contributed by atoms with Crippen molar-refractivity contribution in [1.29, 1.82) is 0 Å². The number of aliphatic imine (C=N–C) groups is 1. The average Bonchev–Trinajstić information content (AvgIpc) is 2.77. The molecule has 150 valence electrons. The van der Waals surface area contributed by atoms with E-state index in [0.717, 1.165) is 22.6 Å². The van der Waals surface area contributed by atoms with Crippen LogP contribution < -0.4 is 25.3 Å². The van der Waals surface area contributed by atoms with E-state index in [1.165, 1.54) is 0 Å². The molecule has 0 fully saturated rings. The van der Waals surface area contributed by atoms with Crippen molar-refractivity contribution in [3.05, 3.63) is 72.8 Å². The quantitative estimate of drug-likeness (QED) is 0.342. The predicted molar refractivity (Wildman–Crippen MR) is 117 cm³/mol. The number of guanidine groups is 1. The molecule has 0 aliphatic heterocycles. The first kappa shape index (κ1) is 20.1. The van der Waals surface area contributed by atoms with Crippen molar-refractivity contribution in [2.45, 2.75) is 0 Å². The molecule has 3 aromatic rings. The SMILES string of the molecule is COc1ccc(NC(N)=NCCOc2ccccc2-c2ccccc2)cc1OC. The van der Waals surface area contributed by atoms with Crippen molar-refractivity contribution in [1.82, 2.24) is 0 Å². The minimum atomic E-state index is 0.303. The van der Waals surface area contributed by atoms with Crippen LogP contribution in [0.2, 0.25) is 0 Å². The maximum absolute atomic E-state index is 5.98. The van der Waals surface area contributed by atoms with Crippen LogP contribution in [0.25, 0.3) is 11.1 Å². The molecule has 0 aliphatic rings. The van der Waals surface area contributed by atoms with Gasteiger partial charge in [-0.3, -0.25) is 0 Å². The van der Waals surface area contributed by atoms with Gasteiger partial charge < -0.3 is 25.3 Å². The Balaban J connectivity index is 1.57. The van der Waals surface area contributed by atoms with Crippen LogP contribution in [0.3, 0.4) is 0 Å². The van der Waals surface area contributed by atoms with E-state index in [1.807, 2.05) is 48.5 Å². The second-order valence-electron chi connectivity index (χ2n) is 6.17. The first-order valence-corrected chi connectivity index (χ1v) is 9.27. The zero-order valence-corrected chi connectivity index (χ0v) is 16.6. The summed E-state index contributed by atoms with van der Waals surface area (Å²) in [5, 5.41) is 3.04. The number of para-hydroxylation sites is 1. The Bertz CT molecular complexity index is 959. The first-order chi connectivity index (χ1) is 14.2. The molecule has 6 nitrogen and oxygen atoms in total. The van der Waals surface area contributed by atoms with E-state index >= 15 is 0 Å². The van der Waals surface area contributed by atoms with Crippen LogP contribution in [-0.2, 0) is 0 Å². The Morgan fingerprint density at radius 2 is 1.59 bits per heavy atom. The van der Waals surface area contributed by atoms with Gasteiger partial charge in [0.15, 0.2) is 17.5 Å². The van der Waals surface area contributed by atoms with Crippen LogP contribution in [0.1, 0.15) is 0 Å². The van der Waals surface area contributed by atoms with Crippen LogP contribution in [0.4, 0.5) is 5.69 Å². The van der Waals surface area contributed by atoms with Crippen molar-refractivity contribution in [3.8, 4) is 28.4 Å². The van der Waals surface area contributed by atoms with Gasteiger partial charge in [0.05, 0.1) is 20.8 Å². The molecule has 0 bridgehead atoms. The molecule has 0 aliphatic carbocycles. The van der Waals surface area contributed by atoms with Crippen molar-refractivity contribution in [2.24, 2.45) is 10.7 Å². The van der Waals surface area contributed by atoms with Crippen molar-refractivity contribution >= 4 is 11.6 Å². The van der Waals surface area contributed by atoms with Gasteiger partial charge in [0.2, 0.25) is 0 Å². The van der Waals surface area contributed by atoms with Crippen molar-refractivity contribution in [2.75, 3.05) is 32.7 Å². The van der Waals surface area contributed by atoms with Gasteiger partial charge in [-0.15, -0.1) is 0 Å². The number of nitrogens with two attached hydrogens (primary N) is 1. The lowest BCUT2D eigenvalue weighted by Crippen LogP contribution is -2.23. The fraction of sp³-hybridized carbons (Fsp3) is 0.174. The van der Waals surface area contributed by atoms with Crippen LogP contribution in [-0.4, -0.2) is 33.3 Å². The summed E-state index contributed by atoms with van der Waals surface area (Å²) < 4.78 is 16.4. The second-order valence-corrected chi connectivity index (χ2v) is 6.17. The van der Waals surface area contributed by atoms with Crippen LogP contribution >= 0.6 is 0 Å². The van der Waals surface area contributed by atoms with E-state index < -0.39 is 0 Å². The number of nitrogens with zero attached hydrogens (tertiary/aromatic N) is 1. The van der Waals surface area contributed by atoms with Gasteiger partial charge in [0.25, 0.3) is 0 Å². The summed E-state index contributed by atoms with van der Waals surface area (Å²) in [4.78, 5) is 4.32. The molecule has 0 aromatic heterocycles. The maximum atomic E-state index is 5.98. The van der Waals surface area contributed by atoms with Crippen LogP contribution in [0.15, 0.2) is 77.8 Å². The van der Waals surface area contributed by atoms with Gasteiger partial charge in [-0.05, 0) is 23.8 Å². The van der Waals surface area contributed by atoms with E-state index in [4.69, 9.17) is 19.9 Å². The summed E-state index contributed by atoms with van der Waals surface area (Å²) in [6.07, 6.45) is 0. The lowest BCUT2D eigenvalue weighted by atomic mass is 10.1. The van der Waals surface area contributed by atoms with Crippen molar-refractivity contribution < 1.29 is 14.2 Å². The Morgan fingerprint density at radius 3 is 2.34 bits per heavy atom. The molecule has 6 heteroatoms. The summed E-state index contributed by atoms with van der Waals surface area (Å²) in [7, 11) is 3.18. The number of hydrogen-bond donors (Lipinski definition) is 2. The lowest BCUT2D eigenvalue weighted by Gasteiger charge is -2.12. The Hall–Kier alpha value is -3.67. The van der Waals surface area contributed by atoms with Crippen molar-refractivity contribution in [3.63, 3.8) is 0 Å². The number of anilines is 1. The highest BCUT2D eigenvalue weighted by molar-refractivity contribution is 5.92. The number of methoxy groups -OCH3 is 2. The zero-order chi connectivity index (χ0) is 20.5. The minimum Gasteiger partial charge on any atom is -0.493 e. The third kappa shape index (κ3) is 5.42. The van der Waals surface area contributed by atoms with E-state index in [0.29, 0.717) is 30.6 Å². The molecule has 0 atom stereocenters. The van der Waals surface area contributed by atoms with Gasteiger partial charge in [-0.25, -0.2) is 4.99 Å². The van der Waals surface area contributed by atoms with Crippen LogP contribution in [0.5, 0.6) is 17.2 Å². The molecule has 3 N–H and O–H groups in total. The molecule has 3 aromatic carbocycles. The number of hydrogen-bond acceptors (Lipinski definition) is 4. The van der Waals surface area contributed by atoms with Gasteiger partial charge >= 0.3 is 0 Å². The second kappa shape index (κ2) is 10.0. The maximum Gasteiger partial charge on any atom is 0.193 e. The summed E-state index contributed by atoms with van der Waals surface area (Å²) in [5.41, 5.74) is 8.90. The molecule has 3 rings (SSSR count). The summed E-state index contributed by atoms with van der Waals surface area (Å²) in [6.45, 7) is 0.841. The van der Waals surface area contributed by atoms with Gasteiger partial charge in [0, 0.05) is 17.3 Å². The molecule has 0 amide bonds. The molecule has 0 heterocycles. The average molecular weight is 391 g/mol. The fourth-order valence-electron chi connectivity index (χ4n) is 2.87. The normalized spacial score (nSPS) is 11.0. The van der Waals surface area contributed by atoms with Gasteiger partial charge in [-0.2, -0.15) is 0 Å². The van der Waals surface area contributed by atoms with Gasteiger partial charge in [-0.1, -0.05) is 48.5 Å². The number of ether oxygens (including phenoxy) is 3. The smallest absolute Gasteiger partial charge is 0.193 e. The zero-order valence-electron chi connectivity index (χ0n) is 16.6. The van der Waals surface area contributed by atoms with E-state index in [-0.39, 0.29) is 0 Å². The first-order valence-electron chi connectivity index (χ1n) is 9.27. The third-order valence-corrected chi connectivity index (χ3v) is 4.26. The number of nitrogens with one attached hydrogen (secondary N) is 1.